The van der Waals surface area contributed by atoms with Gasteiger partial charge in [-0.25, -0.2) is 12.7 Å². The Morgan fingerprint density at radius 1 is 1.23 bits per heavy atom. The van der Waals surface area contributed by atoms with E-state index in [1.807, 2.05) is 0 Å². The average Bonchev–Trinajstić information content (AvgIpc) is 3.21. The van der Waals surface area contributed by atoms with Gasteiger partial charge in [-0.05, 0) is 42.5 Å². The summed E-state index contributed by atoms with van der Waals surface area (Å²) in [5.41, 5.74) is 1.41. The normalized spacial score (nSPS) is 22.1. The van der Waals surface area contributed by atoms with E-state index in [4.69, 9.17) is 4.74 Å². The topological polar surface area (TPSA) is 104 Å². The van der Waals surface area contributed by atoms with Crippen molar-refractivity contribution >= 4 is 15.9 Å². The van der Waals surface area contributed by atoms with Crippen LogP contribution in [0.25, 0.3) is 11.3 Å². The molecule has 164 valence electrons. The van der Waals surface area contributed by atoms with Crippen LogP contribution in [0, 0.1) is 11.8 Å². The number of carbonyl (C=O) groups is 1. The Balaban J connectivity index is 1.85. The van der Waals surface area contributed by atoms with E-state index in [1.165, 1.54) is 33.7 Å². The molecule has 9 heteroatoms. The summed E-state index contributed by atoms with van der Waals surface area (Å²) in [4.78, 5) is 12.8. The number of nitrogens with zero attached hydrogens (tertiary/aromatic N) is 2. The summed E-state index contributed by atoms with van der Waals surface area (Å²) in [6.07, 6.45) is 3.28. The summed E-state index contributed by atoms with van der Waals surface area (Å²) in [5.74, 6) is 1.05. The lowest BCUT2D eigenvalue weighted by Crippen LogP contribution is -2.43. The first-order valence-electron chi connectivity index (χ1n) is 10.1. The van der Waals surface area contributed by atoms with Crippen molar-refractivity contribution < 1.29 is 17.9 Å². The standard InChI is InChI=1S/C21H30N4O4S/c1-13-7-6-8-16(14(13)2)22-21(26)18-12-17(23-24-18)15-9-10-19(29-5)20(11-15)30(27,28)25(3)4/h9-14,16H,6-8H2,1-5H3,(H,22,26)(H,23,24)/t13-,14-,16+/m0/s1. The van der Waals surface area contributed by atoms with Gasteiger partial charge in [0.2, 0.25) is 10.0 Å². The molecule has 1 heterocycles. The number of hydrogen-bond acceptors (Lipinski definition) is 5. The second kappa shape index (κ2) is 8.77. The minimum absolute atomic E-state index is 0.0477. The molecule has 8 nitrogen and oxygen atoms in total. The molecule has 1 aliphatic rings. The van der Waals surface area contributed by atoms with Gasteiger partial charge in [-0.15, -0.1) is 0 Å². The van der Waals surface area contributed by atoms with E-state index in [9.17, 15) is 13.2 Å². The van der Waals surface area contributed by atoms with E-state index in [-0.39, 0.29) is 22.6 Å². The van der Waals surface area contributed by atoms with Crippen LogP contribution >= 0.6 is 0 Å². The Labute approximate surface area is 178 Å². The SMILES string of the molecule is COc1ccc(-c2cc(C(=O)N[C@@H]3CCC[C@H](C)[C@@H]3C)[nH]n2)cc1S(=O)(=O)N(C)C. The van der Waals surface area contributed by atoms with Crippen LogP contribution in [0.3, 0.4) is 0 Å². The molecule has 1 saturated carbocycles. The number of aromatic amines is 1. The van der Waals surface area contributed by atoms with Gasteiger partial charge in [-0.2, -0.15) is 5.10 Å². The molecule has 0 radical (unpaired) electrons. The van der Waals surface area contributed by atoms with Gasteiger partial charge in [0.1, 0.15) is 16.3 Å². The smallest absolute Gasteiger partial charge is 0.269 e. The summed E-state index contributed by atoms with van der Waals surface area (Å²) >= 11 is 0. The third-order valence-electron chi connectivity index (χ3n) is 6.06. The van der Waals surface area contributed by atoms with Crippen molar-refractivity contribution in [1.29, 1.82) is 0 Å². The molecular weight excluding hydrogens is 404 g/mol. The first-order chi connectivity index (χ1) is 14.1. The van der Waals surface area contributed by atoms with Crippen LogP contribution in [0.2, 0.25) is 0 Å². The van der Waals surface area contributed by atoms with Crippen LogP contribution in [0.5, 0.6) is 5.75 Å². The fraction of sp³-hybridized carbons (Fsp3) is 0.524. The molecular formula is C21H30N4O4S. The number of hydrogen-bond donors (Lipinski definition) is 2. The maximum Gasteiger partial charge on any atom is 0.269 e. The van der Waals surface area contributed by atoms with E-state index < -0.39 is 10.0 Å². The maximum absolute atomic E-state index is 12.7. The predicted octanol–water partition coefficient (Wildman–Crippen LogP) is 2.89. The molecule has 1 amide bonds. The Morgan fingerprint density at radius 2 is 1.97 bits per heavy atom. The maximum atomic E-state index is 12.7. The summed E-state index contributed by atoms with van der Waals surface area (Å²) in [6.45, 7) is 4.40. The number of sulfonamides is 1. The van der Waals surface area contributed by atoms with Crippen molar-refractivity contribution in [2.75, 3.05) is 21.2 Å². The van der Waals surface area contributed by atoms with E-state index in [1.54, 1.807) is 18.2 Å². The van der Waals surface area contributed by atoms with Gasteiger partial charge in [0, 0.05) is 25.7 Å². The number of methoxy groups -OCH3 is 1. The number of H-pyrrole nitrogens is 1. The molecule has 3 atom stereocenters. The van der Waals surface area contributed by atoms with Gasteiger partial charge < -0.3 is 10.1 Å². The molecule has 1 aromatic carbocycles. The van der Waals surface area contributed by atoms with Crippen LogP contribution in [0.15, 0.2) is 29.2 Å². The van der Waals surface area contributed by atoms with Crippen molar-refractivity contribution in [3.05, 3.63) is 30.0 Å². The highest BCUT2D eigenvalue weighted by Crippen LogP contribution is 2.31. The van der Waals surface area contributed by atoms with Crippen molar-refractivity contribution in [2.24, 2.45) is 11.8 Å². The third-order valence-corrected chi connectivity index (χ3v) is 7.90. The first-order valence-corrected chi connectivity index (χ1v) is 11.6. The van der Waals surface area contributed by atoms with Gasteiger partial charge in [0.15, 0.2) is 0 Å². The van der Waals surface area contributed by atoms with Crippen LogP contribution < -0.4 is 10.1 Å². The van der Waals surface area contributed by atoms with Crippen molar-refractivity contribution in [3.8, 4) is 17.0 Å². The molecule has 0 bridgehead atoms. The lowest BCUT2D eigenvalue weighted by Gasteiger charge is -2.34. The summed E-state index contributed by atoms with van der Waals surface area (Å²) in [5, 5.41) is 10.1. The van der Waals surface area contributed by atoms with Crippen LogP contribution in [-0.2, 0) is 10.0 Å². The van der Waals surface area contributed by atoms with E-state index >= 15 is 0 Å². The van der Waals surface area contributed by atoms with Crippen LogP contribution in [0.1, 0.15) is 43.6 Å². The molecule has 2 N–H and O–H groups in total. The lowest BCUT2D eigenvalue weighted by atomic mass is 9.78. The number of nitrogens with one attached hydrogen (secondary N) is 2. The predicted molar refractivity (Wildman–Crippen MR) is 115 cm³/mol. The molecule has 1 aliphatic carbocycles. The number of amides is 1. The molecule has 0 aliphatic heterocycles. The number of aromatic nitrogens is 2. The molecule has 0 spiro atoms. The van der Waals surface area contributed by atoms with Gasteiger partial charge in [-0.3, -0.25) is 9.89 Å². The number of carbonyl (C=O) groups excluding carboxylic acids is 1. The first kappa shape index (κ1) is 22.3. The van der Waals surface area contributed by atoms with Gasteiger partial charge in [0.05, 0.1) is 12.8 Å². The average molecular weight is 435 g/mol. The zero-order valence-electron chi connectivity index (χ0n) is 18.1. The van der Waals surface area contributed by atoms with E-state index in [2.05, 4.69) is 29.4 Å². The second-order valence-electron chi connectivity index (χ2n) is 8.17. The minimum atomic E-state index is -3.70. The molecule has 1 fully saturated rings. The molecule has 0 saturated heterocycles. The summed E-state index contributed by atoms with van der Waals surface area (Å²) in [7, 11) is 0.653. The van der Waals surface area contributed by atoms with Crippen molar-refractivity contribution in [2.45, 2.75) is 44.0 Å². The van der Waals surface area contributed by atoms with Gasteiger partial charge >= 0.3 is 0 Å². The Hall–Kier alpha value is -2.39. The van der Waals surface area contributed by atoms with Crippen molar-refractivity contribution in [1.82, 2.24) is 19.8 Å². The zero-order chi connectivity index (χ0) is 22.1. The van der Waals surface area contributed by atoms with Gasteiger partial charge in [-0.1, -0.05) is 26.7 Å². The monoisotopic (exact) mass is 434 g/mol. The second-order valence-corrected chi connectivity index (χ2v) is 10.3. The lowest BCUT2D eigenvalue weighted by molar-refractivity contribution is 0.0886. The fourth-order valence-corrected chi connectivity index (χ4v) is 4.93. The van der Waals surface area contributed by atoms with Crippen LogP contribution in [0.4, 0.5) is 0 Å². The van der Waals surface area contributed by atoms with E-state index in [0.29, 0.717) is 28.8 Å². The quantitative estimate of drug-likeness (QED) is 0.727. The molecule has 2 aromatic rings. The highest BCUT2D eigenvalue weighted by atomic mass is 32.2. The number of ether oxygens (including phenoxy) is 1. The summed E-state index contributed by atoms with van der Waals surface area (Å²) in [6, 6.07) is 6.60. The highest BCUT2D eigenvalue weighted by Gasteiger charge is 2.29. The third kappa shape index (κ3) is 4.37. The Bertz CT molecular complexity index is 1020. The van der Waals surface area contributed by atoms with E-state index in [0.717, 1.165) is 17.1 Å². The van der Waals surface area contributed by atoms with Crippen molar-refractivity contribution in [3.63, 3.8) is 0 Å². The Morgan fingerprint density at radius 3 is 2.63 bits per heavy atom. The fourth-order valence-electron chi connectivity index (χ4n) is 3.85. The molecule has 3 rings (SSSR count). The minimum Gasteiger partial charge on any atom is -0.495 e. The molecule has 0 unspecified atom stereocenters. The van der Waals surface area contributed by atoms with Gasteiger partial charge in [0.25, 0.3) is 5.91 Å². The molecule has 1 aromatic heterocycles. The Kier molecular flexibility index (Phi) is 6.52. The summed E-state index contributed by atoms with van der Waals surface area (Å²) < 4.78 is 31.6. The number of rotatable bonds is 6. The van der Waals surface area contributed by atoms with Crippen LogP contribution in [-0.4, -0.2) is 56.1 Å². The number of benzene rings is 1. The largest absolute Gasteiger partial charge is 0.495 e. The highest BCUT2D eigenvalue weighted by molar-refractivity contribution is 7.89. The molecule has 30 heavy (non-hydrogen) atoms. The zero-order valence-corrected chi connectivity index (χ0v) is 18.9.